The van der Waals surface area contributed by atoms with Gasteiger partial charge in [-0.1, -0.05) is 12.1 Å². The number of nitrogens with one attached hydrogen (secondary N) is 1. The number of aromatic nitrogens is 3. The van der Waals surface area contributed by atoms with Gasteiger partial charge in [0, 0.05) is 12.1 Å². The zero-order chi connectivity index (χ0) is 24.0. The maximum Gasteiger partial charge on any atom is 0.494 e. The number of benzene rings is 1. The smallest absolute Gasteiger partial charge is 0.481 e. The van der Waals surface area contributed by atoms with Crippen LogP contribution in [-0.2, 0) is 20.6 Å². The maximum absolute atomic E-state index is 12.6. The second-order valence-corrected chi connectivity index (χ2v) is 9.65. The predicted molar refractivity (Wildman–Crippen MR) is 129 cm³/mol. The van der Waals surface area contributed by atoms with Gasteiger partial charge in [0.25, 0.3) is 0 Å². The van der Waals surface area contributed by atoms with Crippen LogP contribution < -0.4 is 15.5 Å². The highest BCUT2D eigenvalue weighted by atomic mass is 16.7. The van der Waals surface area contributed by atoms with Gasteiger partial charge in [-0.05, 0) is 65.2 Å². The number of fused-ring (bicyclic) bond motifs is 1. The average molecular weight is 450 g/mol. The van der Waals surface area contributed by atoms with E-state index in [1.165, 1.54) is 0 Å². The van der Waals surface area contributed by atoms with Crippen LogP contribution in [0.2, 0.25) is 0 Å². The van der Waals surface area contributed by atoms with Crippen LogP contribution in [0.1, 0.15) is 41.5 Å². The van der Waals surface area contributed by atoms with Crippen molar-refractivity contribution in [3.05, 3.63) is 36.4 Å². The Morgan fingerprint density at radius 3 is 2.45 bits per heavy atom. The molecule has 0 unspecified atom stereocenters. The molecular formula is C24H31BN4O4. The van der Waals surface area contributed by atoms with Gasteiger partial charge in [-0.15, -0.1) is 0 Å². The van der Waals surface area contributed by atoms with Crippen LogP contribution in [0, 0.1) is 0 Å². The Hall–Kier alpha value is -2.91. The highest BCUT2D eigenvalue weighted by Crippen LogP contribution is 2.36. The first kappa shape index (κ1) is 23.3. The lowest BCUT2D eigenvalue weighted by molar-refractivity contribution is -0.122. The van der Waals surface area contributed by atoms with Crippen molar-refractivity contribution in [3.63, 3.8) is 0 Å². The van der Waals surface area contributed by atoms with Gasteiger partial charge in [0.05, 0.1) is 29.3 Å². The average Bonchev–Trinajstić information content (AvgIpc) is 3.20. The molecule has 0 radical (unpaired) electrons. The lowest BCUT2D eigenvalue weighted by Gasteiger charge is -2.32. The fourth-order valence-corrected chi connectivity index (χ4v) is 3.79. The molecule has 0 aliphatic carbocycles. The Morgan fingerprint density at radius 2 is 1.82 bits per heavy atom. The molecule has 9 heteroatoms. The molecule has 1 aliphatic heterocycles. The van der Waals surface area contributed by atoms with Crippen molar-refractivity contribution in [1.82, 2.24) is 19.9 Å². The van der Waals surface area contributed by atoms with Gasteiger partial charge >= 0.3 is 7.12 Å². The second kappa shape index (κ2) is 8.46. The third-order valence-electron chi connectivity index (χ3n) is 6.21. The number of methoxy groups -OCH3 is 1. The van der Waals surface area contributed by atoms with E-state index in [1.54, 1.807) is 13.2 Å². The number of rotatable bonds is 6. The molecule has 3 heterocycles. The van der Waals surface area contributed by atoms with Crippen LogP contribution in [0.25, 0.3) is 22.6 Å². The molecule has 1 fully saturated rings. The quantitative estimate of drug-likeness (QED) is 0.582. The third-order valence-corrected chi connectivity index (χ3v) is 6.21. The van der Waals surface area contributed by atoms with E-state index in [1.807, 2.05) is 76.4 Å². The molecule has 1 amide bonds. The molecule has 0 saturated carbocycles. The van der Waals surface area contributed by atoms with Crippen molar-refractivity contribution in [1.29, 1.82) is 0 Å². The number of carbonyl (C=O) groups is 1. The zero-order valence-corrected chi connectivity index (χ0v) is 20.3. The van der Waals surface area contributed by atoms with Crippen molar-refractivity contribution in [3.8, 4) is 17.4 Å². The topological polar surface area (TPSA) is 87.5 Å². The zero-order valence-electron chi connectivity index (χ0n) is 20.3. The summed E-state index contributed by atoms with van der Waals surface area (Å²) in [6, 6.07) is 11.4. The normalized spacial score (nSPS) is 17.0. The summed E-state index contributed by atoms with van der Waals surface area (Å²) >= 11 is 0. The van der Waals surface area contributed by atoms with Crippen LogP contribution >= 0.6 is 0 Å². The SMILES string of the molecule is COc1cccc(-c2nc3cc(B4OC(C)(C)C(C)(C)O4)ccc3n2CC(=O)NC(C)C)n1. The molecule has 1 N–H and O–H groups in total. The van der Waals surface area contributed by atoms with Crippen molar-refractivity contribution >= 4 is 29.5 Å². The number of hydrogen-bond acceptors (Lipinski definition) is 6. The van der Waals surface area contributed by atoms with E-state index in [4.69, 9.17) is 19.0 Å². The number of nitrogens with zero attached hydrogens (tertiary/aromatic N) is 3. The maximum atomic E-state index is 12.6. The molecule has 174 valence electrons. The molecule has 1 aromatic carbocycles. The highest BCUT2D eigenvalue weighted by Gasteiger charge is 2.51. The molecule has 1 aliphatic rings. The van der Waals surface area contributed by atoms with E-state index in [0.29, 0.717) is 17.4 Å². The minimum Gasteiger partial charge on any atom is -0.481 e. The molecule has 0 bridgehead atoms. The fraction of sp³-hybridized carbons (Fsp3) is 0.458. The Bertz CT molecular complexity index is 1170. The molecule has 3 aromatic rings. The highest BCUT2D eigenvalue weighted by molar-refractivity contribution is 6.62. The number of amides is 1. The molecule has 2 aromatic heterocycles. The summed E-state index contributed by atoms with van der Waals surface area (Å²) in [5.41, 5.74) is 2.20. The van der Waals surface area contributed by atoms with Gasteiger partial charge in [0.15, 0.2) is 5.82 Å². The van der Waals surface area contributed by atoms with Crippen molar-refractivity contribution < 1.29 is 18.8 Å². The van der Waals surface area contributed by atoms with E-state index >= 15 is 0 Å². The standard InChI is InChI=1S/C24H31BN4O4/c1-15(2)26-20(30)14-29-19-12-11-16(25-32-23(3,4)24(5,6)33-25)13-18(19)28-22(29)17-9-8-10-21(27-17)31-7/h8-13,15H,14H2,1-7H3,(H,26,30). The van der Waals surface area contributed by atoms with E-state index in [2.05, 4.69) is 10.3 Å². The Morgan fingerprint density at radius 1 is 1.12 bits per heavy atom. The summed E-state index contributed by atoms with van der Waals surface area (Å²) in [7, 11) is 1.08. The predicted octanol–water partition coefficient (Wildman–Crippen LogP) is 2.93. The van der Waals surface area contributed by atoms with Gasteiger partial charge in [0.1, 0.15) is 12.2 Å². The van der Waals surface area contributed by atoms with E-state index < -0.39 is 18.3 Å². The minimum absolute atomic E-state index is 0.0423. The molecule has 8 nitrogen and oxygen atoms in total. The second-order valence-electron chi connectivity index (χ2n) is 9.65. The van der Waals surface area contributed by atoms with Crippen molar-refractivity contribution in [2.24, 2.45) is 0 Å². The van der Waals surface area contributed by atoms with Gasteiger partial charge < -0.3 is 23.9 Å². The van der Waals surface area contributed by atoms with Gasteiger partial charge in [0.2, 0.25) is 11.8 Å². The first-order valence-corrected chi connectivity index (χ1v) is 11.2. The third kappa shape index (κ3) is 4.47. The summed E-state index contributed by atoms with van der Waals surface area (Å²) in [6.07, 6.45) is 0. The summed E-state index contributed by atoms with van der Waals surface area (Å²) in [5, 5.41) is 2.95. The summed E-state index contributed by atoms with van der Waals surface area (Å²) in [4.78, 5) is 22.0. The molecule has 33 heavy (non-hydrogen) atoms. The molecule has 4 rings (SSSR count). The molecule has 0 atom stereocenters. The van der Waals surface area contributed by atoms with Crippen LogP contribution in [0.3, 0.4) is 0 Å². The number of pyridine rings is 1. The molecular weight excluding hydrogens is 419 g/mol. The molecule has 0 spiro atoms. The Balaban J connectivity index is 1.78. The van der Waals surface area contributed by atoms with Crippen molar-refractivity contribution in [2.45, 2.75) is 65.3 Å². The van der Waals surface area contributed by atoms with Crippen molar-refractivity contribution in [2.75, 3.05) is 7.11 Å². The lowest BCUT2D eigenvalue weighted by atomic mass is 9.79. The lowest BCUT2D eigenvalue weighted by Crippen LogP contribution is -2.41. The fourth-order valence-electron chi connectivity index (χ4n) is 3.79. The van der Waals surface area contributed by atoms with E-state index in [0.717, 1.165) is 16.5 Å². The van der Waals surface area contributed by atoms with E-state index in [9.17, 15) is 4.79 Å². The summed E-state index contributed by atoms with van der Waals surface area (Å²) in [6.45, 7) is 12.1. The van der Waals surface area contributed by atoms with E-state index in [-0.39, 0.29) is 18.5 Å². The number of imidazole rings is 1. The number of carbonyl (C=O) groups excluding carboxylic acids is 1. The van der Waals surface area contributed by atoms with Gasteiger partial charge in [-0.3, -0.25) is 4.79 Å². The first-order chi connectivity index (χ1) is 15.5. The number of ether oxygens (including phenoxy) is 1. The summed E-state index contributed by atoms with van der Waals surface area (Å²) in [5.74, 6) is 0.980. The first-order valence-electron chi connectivity index (χ1n) is 11.2. The van der Waals surface area contributed by atoms with Crippen LogP contribution in [-0.4, -0.2) is 51.9 Å². The van der Waals surface area contributed by atoms with Gasteiger partial charge in [-0.25, -0.2) is 9.97 Å². The Kier molecular flexibility index (Phi) is 5.96. The van der Waals surface area contributed by atoms with Crippen LogP contribution in [0.15, 0.2) is 36.4 Å². The minimum atomic E-state index is -0.493. The molecule has 1 saturated heterocycles. The van der Waals surface area contributed by atoms with Gasteiger partial charge in [-0.2, -0.15) is 0 Å². The Labute approximate surface area is 194 Å². The monoisotopic (exact) mass is 450 g/mol. The largest absolute Gasteiger partial charge is 0.494 e. The summed E-state index contributed by atoms with van der Waals surface area (Å²) < 4.78 is 19.6. The van der Waals surface area contributed by atoms with Crippen LogP contribution in [0.5, 0.6) is 5.88 Å². The number of hydrogen-bond donors (Lipinski definition) is 1. The van der Waals surface area contributed by atoms with Crippen LogP contribution in [0.4, 0.5) is 0 Å².